The molecule has 0 fully saturated rings. The third-order valence-corrected chi connectivity index (χ3v) is 3.31. The summed E-state index contributed by atoms with van der Waals surface area (Å²) in [6, 6.07) is 21.7. The fourth-order valence-corrected chi connectivity index (χ4v) is 2.38. The van der Waals surface area contributed by atoms with Gasteiger partial charge in [-0.25, -0.2) is 4.68 Å². The Morgan fingerprint density at radius 3 is 2.27 bits per heavy atom. The summed E-state index contributed by atoms with van der Waals surface area (Å²) < 4.78 is 1.84. The fourth-order valence-electron chi connectivity index (χ4n) is 2.15. The first-order valence-corrected chi connectivity index (χ1v) is 7.38. The Labute approximate surface area is 134 Å². The number of nitrogens with zero attached hydrogens (tertiary/aromatic N) is 2. The molecule has 2 N–H and O–H groups in total. The number of aryl methyl sites for hydroxylation is 1. The lowest BCUT2D eigenvalue weighted by Gasteiger charge is -2.12. The van der Waals surface area contributed by atoms with Gasteiger partial charge in [-0.3, -0.25) is 0 Å². The van der Waals surface area contributed by atoms with Crippen molar-refractivity contribution in [2.24, 2.45) is 0 Å². The first-order chi connectivity index (χ1) is 10.7. The minimum Gasteiger partial charge on any atom is -0.332 e. The van der Waals surface area contributed by atoms with Gasteiger partial charge in [0.05, 0.1) is 11.4 Å². The van der Waals surface area contributed by atoms with Crippen LogP contribution in [-0.2, 0) is 0 Å². The Morgan fingerprint density at radius 2 is 1.59 bits per heavy atom. The number of hydrogen-bond acceptors (Lipinski definition) is 2. The number of benzene rings is 2. The van der Waals surface area contributed by atoms with E-state index in [1.807, 2.05) is 78.3 Å². The zero-order valence-electron chi connectivity index (χ0n) is 12.2. The molecule has 2 aromatic carbocycles. The highest BCUT2D eigenvalue weighted by molar-refractivity contribution is 7.80. The van der Waals surface area contributed by atoms with Gasteiger partial charge in [-0.15, -0.1) is 0 Å². The zero-order chi connectivity index (χ0) is 15.4. The van der Waals surface area contributed by atoms with Crippen LogP contribution in [0.4, 0.5) is 11.5 Å². The van der Waals surface area contributed by atoms with E-state index in [0.29, 0.717) is 5.11 Å². The Morgan fingerprint density at radius 1 is 0.955 bits per heavy atom. The Bertz CT molecular complexity index is 766. The smallest absolute Gasteiger partial charge is 0.176 e. The summed E-state index contributed by atoms with van der Waals surface area (Å²) in [6.45, 7) is 1.96. The Balaban J connectivity index is 1.79. The molecule has 5 heteroatoms. The molecule has 0 bridgehead atoms. The van der Waals surface area contributed by atoms with Crippen LogP contribution in [0.2, 0.25) is 0 Å². The number of anilines is 2. The molecule has 0 saturated carbocycles. The number of rotatable bonds is 3. The summed E-state index contributed by atoms with van der Waals surface area (Å²) in [4.78, 5) is 0. The van der Waals surface area contributed by atoms with E-state index in [-0.39, 0.29) is 0 Å². The number of aromatic nitrogens is 2. The Kier molecular flexibility index (Phi) is 4.16. The highest BCUT2D eigenvalue weighted by Crippen LogP contribution is 2.17. The minimum atomic E-state index is 0.531. The van der Waals surface area contributed by atoms with Crippen molar-refractivity contribution < 1.29 is 0 Å². The lowest BCUT2D eigenvalue weighted by Crippen LogP contribution is -2.20. The maximum absolute atomic E-state index is 5.37. The molecule has 1 aromatic heterocycles. The summed E-state index contributed by atoms with van der Waals surface area (Å²) in [6.07, 6.45) is 0. The molecule has 1 heterocycles. The van der Waals surface area contributed by atoms with Crippen LogP contribution in [0.5, 0.6) is 0 Å². The van der Waals surface area contributed by atoms with E-state index < -0.39 is 0 Å². The van der Waals surface area contributed by atoms with Gasteiger partial charge in [0.1, 0.15) is 5.82 Å². The van der Waals surface area contributed by atoms with E-state index in [4.69, 9.17) is 12.2 Å². The zero-order valence-corrected chi connectivity index (χ0v) is 13.0. The average molecular weight is 308 g/mol. The third-order valence-electron chi connectivity index (χ3n) is 3.11. The molecule has 0 aliphatic heterocycles. The van der Waals surface area contributed by atoms with Gasteiger partial charge >= 0.3 is 0 Å². The molecule has 3 rings (SSSR count). The van der Waals surface area contributed by atoms with Gasteiger partial charge in [0.2, 0.25) is 0 Å². The molecular weight excluding hydrogens is 292 g/mol. The van der Waals surface area contributed by atoms with Gasteiger partial charge in [0.25, 0.3) is 0 Å². The molecule has 0 spiro atoms. The lowest BCUT2D eigenvalue weighted by atomic mass is 10.3. The van der Waals surface area contributed by atoms with Crippen LogP contribution in [0.3, 0.4) is 0 Å². The molecule has 4 nitrogen and oxygen atoms in total. The lowest BCUT2D eigenvalue weighted by molar-refractivity contribution is 0.871. The summed E-state index contributed by atoms with van der Waals surface area (Å²) in [5.74, 6) is 0.831. The second-order valence-electron chi connectivity index (χ2n) is 4.86. The van der Waals surface area contributed by atoms with E-state index in [1.54, 1.807) is 0 Å². The molecule has 22 heavy (non-hydrogen) atoms. The van der Waals surface area contributed by atoms with Crippen LogP contribution in [0, 0.1) is 6.92 Å². The first kappa shape index (κ1) is 14.3. The number of hydrogen-bond donors (Lipinski definition) is 2. The second-order valence-corrected chi connectivity index (χ2v) is 5.27. The minimum absolute atomic E-state index is 0.531. The van der Waals surface area contributed by atoms with Gasteiger partial charge < -0.3 is 10.6 Å². The van der Waals surface area contributed by atoms with Crippen molar-refractivity contribution in [1.29, 1.82) is 0 Å². The molecule has 0 unspecified atom stereocenters. The van der Waals surface area contributed by atoms with E-state index in [0.717, 1.165) is 22.9 Å². The average Bonchev–Trinajstić information content (AvgIpc) is 2.89. The van der Waals surface area contributed by atoms with E-state index in [1.165, 1.54) is 0 Å². The van der Waals surface area contributed by atoms with Gasteiger partial charge in [-0.2, -0.15) is 5.10 Å². The summed E-state index contributed by atoms with van der Waals surface area (Å²) in [7, 11) is 0. The molecule has 0 aliphatic rings. The Hall–Kier alpha value is -2.66. The normalized spacial score (nSPS) is 10.2. The van der Waals surface area contributed by atoms with E-state index in [2.05, 4.69) is 15.7 Å². The molecule has 3 aromatic rings. The van der Waals surface area contributed by atoms with Crippen molar-refractivity contribution in [2.75, 3.05) is 10.6 Å². The number of para-hydroxylation sites is 2. The van der Waals surface area contributed by atoms with E-state index >= 15 is 0 Å². The van der Waals surface area contributed by atoms with Gasteiger partial charge in [-0.05, 0) is 43.4 Å². The van der Waals surface area contributed by atoms with Crippen molar-refractivity contribution in [3.63, 3.8) is 0 Å². The highest BCUT2D eigenvalue weighted by Gasteiger charge is 2.08. The molecular formula is C17H16N4S. The predicted octanol–water partition coefficient (Wildman–Crippen LogP) is 3.99. The molecule has 0 saturated heterocycles. The molecule has 0 radical (unpaired) electrons. The topological polar surface area (TPSA) is 41.9 Å². The highest BCUT2D eigenvalue weighted by atomic mass is 32.1. The maximum Gasteiger partial charge on any atom is 0.176 e. The fraction of sp³-hybridized carbons (Fsp3) is 0.0588. The number of thiocarbonyl (C=S) groups is 1. The summed E-state index contributed by atoms with van der Waals surface area (Å²) in [5.41, 5.74) is 2.86. The quantitative estimate of drug-likeness (QED) is 0.718. The van der Waals surface area contributed by atoms with Crippen LogP contribution < -0.4 is 10.6 Å². The maximum atomic E-state index is 5.37. The standard InChI is InChI=1S/C17H16N4S/c1-13-12-16(21(20-13)15-10-6-3-7-11-15)19-17(22)18-14-8-4-2-5-9-14/h2-12H,1H3,(H2,18,19,22). The van der Waals surface area contributed by atoms with Crippen molar-refractivity contribution >= 4 is 28.8 Å². The molecule has 0 aliphatic carbocycles. The predicted molar refractivity (Wildman–Crippen MR) is 94.6 cm³/mol. The van der Waals surface area contributed by atoms with Crippen LogP contribution in [0.1, 0.15) is 5.69 Å². The summed E-state index contributed by atoms with van der Waals surface area (Å²) >= 11 is 5.37. The SMILES string of the molecule is Cc1cc(NC(=S)Nc2ccccc2)n(-c2ccccc2)n1. The van der Waals surface area contributed by atoms with Crippen molar-refractivity contribution in [2.45, 2.75) is 6.92 Å². The van der Waals surface area contributed by atoms with Crippen LogP contribution in [0.15, 0.2) is 66.7 Å². The number of nitrogens with one attached hydrogen (secondary N) is 2. The monoisotopic (exact) mass is 308 g/mol. The van der Waals surface area contributed by atoms with Crippen molar-refractivity contribution in [3.8, 4) is 5.69 Å². The van der Waals surface area contributed by atoms with Crippen LogP contribution >= 0.6 is 12.2 Å². The van der Waals surface area contributed by atoms with Gasteiger partial charge in [-0.1, -0.05) is 36.4 Å². The van der Waals surface area contributed by atoms with Crippen molar-refractivity contribution in [3.05, 3.63) is 72.4 Å². The van der Waals surface area contributed by atoms with E-state index in [9.17, 15) is 0 Å². The first-order valence-electron chi connectivity index (χ1n) is 6.97. The largest absolute Gasteiger partial charge is 0.332 e. The summed E-state index contributed by atoms with van der Waals surface area (Å²) in [5, 5.41) is 11.4. The molecule has 0 amide bonds. The van der Waals surface area contributed by atoms with Gasteiger partial charge in [0.15, 0.2) is 5.11 Å². The van der Waals surface area contributed by atoms with Crippen molar-refractivity contribution in [1.82, 2.24) is 9.78 Å². The van der Waals surface area contributed by atoms with Crippen LogP contribution in [0.25, 0.3) is 5.69 Å². The van der Waals surface area contributed by atoms with Gasteiger partial charge in [0, 0.05) is 11.8 Å². The van der Waals surface area contributed by atoms with Crippen LogP contribution in [-0.4, -0.2) is 14.9 Å². The third kappa shape index (κ3) is 3.32. The molecule has 110 valence electrons. The molecule has 0 atom stereocenters. The second kappa shape index (κ2) is 6.41.